The fraction of sp³-hybridized carbons (Fsp3) is 0.156. The van der Waals surface area contributed by atoms with E-state index < -0.39 is 26.5 Å². The first kappa shape index (κ1) is 44.0. The molecule has 0 N–H and O–H groups in total. The summed E-state index contributed by atoms with van der Waals surface area (Å²) >= 11 is -4.13. The number of ether oxygens (including phenoxy) is 1. The minimum atomic E-state index is -2.11. The van der Waals surface area contributed by atoms with E-state index in [2.05, 4.69) is 240 Å². The molecule has 0 saturated carbocycles. The van der Waals surface area contributed by atoms with Gasteiger partial charge in [-0.3, -0.25) is 9.13 Å². The molecule has 0 aliphatic carbocycles. The normalized spacial score (nSPS) is 14.5. The van der Waals surface area contributed by atoms with Gasteiger partial charge in [0.25, 0.3) is 6.33 Å². The second-order valence-electron chi connectivity index (χ2n) is 22.1. The topological polar surface area (TPSA) is 35.9 Å². The third-order valence-corrected chi connectivity index (χ3v) is 33.1. The van der Waals surface area contributed by atoms with E-state index in [1.165, 1.54) is 60.2 Å². The Hall–Kier alpha value is -6.93. The first-order valence-corrected chi connectivity index (χ1v) is 38.5. The van der Waals surface area contributed by atoms with Crippen LogP contribution in [0.2, 0.25) is 33.5 Å². The Balaban J connectivity index is 0.935. The summed E-state index contributed by atoms with van der Waals surface area (Å²) < 4.78 is 17.2. The Morgan fingerprint density at radius 2 is 1.15 bits per heavy atom. The van der Waals surface area contributed by atoms with E-state index in [1.807, 2.05) is 12.3 Å². The summed E-state index contributed by atoms with van der Waals surface area (Å²) in [6.45, 7) is 6.79. The summed E-state index contributed by atoms with van der Waals surface area (Å²) in [5, 5.41) is 5.30. The van der Waals surface area contributed by atoms with Gasteiger partial charge in [0, 0.05) is 0 Å². The third-order valence-electron chi connectivity index (χ3n) is 15.6. The van der Waals surface area contributed by atoms with Crippen LogP contribution >= 0.6 is 0 Å². The van der Waals surface area contributed by atoms with E-state index in [1.54, 1.807) is 8.79 Å². The molecular formula is C64H56Ge2N4O. The van der Waals surface area contributed by atoms with Crippen LogP contribution < -0.4 is 18.1 Å². The van der Waals surface area contributed by atoms with Gasteiger partial charge in [-0.1, -0.05) is 112 Å². The van der Waals surface area contributed by atoms with E-state index in [4.69, 9.17) is 9.72 Å². The molecular weight excluding hydrogens is 986 g/mol. The molecule has 13 rings (SSSR count). The summed E-state index contributed by atoms with van der Waals surface area (Å²) in [6.07, 6.45) is 5.80. The van der Waals surface area contributed by atoms with Crippen molar-refractivity contribution in [3.8, 4) is 73.2 Å². The number of imidazole rings is 1. The number of para-hydroxylation sites is 2. The average Bonchev–Trinajstić information content (AvgIpc) is 3.94. The van der Waals surface area contributed by atoms with Crippen LogP contribution in [-0.4, -0.2) is 40.7 Å². The summed E-state index contributed by atoms with van der Waals surface area (Å²) in [6, 6.07) is 66.8. The van der Waals surface area contributed by atoms with Crippen molar-refractivity contribution in [2.45, 2.75) is 59.7 Å². The predicted molar refractivity (Wildman–Crippen MR) is 300 cm³/mol. The molecule has 71 heavy (non-hydrogen) atoms. The fourth-order valence-corrected chi connectivity index (χ4v) is 42.0. The number of pyridine rings is 1. The summed E-state index contributed by atoms with van der Waals surface area (Å²) in [5.74, 6) is 12.9. The van der Waals surface area contributed by atoms with Crippen molar-refractivity contribution in [3.63, 3.8) is 0 Å². The summed E-state index contributed by atoms with van der Waals surface area (Å²) in [5.41, 5.74) is 17.3. The van der Waals surface area contributed by atoms with Crippen molar-refractivity contribution in [1.29, 1.82) is 0 Å². The average molecular weight is 1040 g/mol. The van der Waals surface area contributed by atoms with E-state index in [-0.39, 0.29) is 5.41 Å². The second kappa shape index (κ2) is 16.3. The SMILES string of the molecule is CC(C)(C)c1ccnc(-n2c3ccc(-c4cc[c]5[c](c4)[Ge]([CH3])([CH3])[CH2][CH2][Ge]5([CH3])[CH3])cc3c3ccc(Oc4cccc(-n5[c-][n+]6c7c(cccc75)-c5ccccc5-c5ccccc5-c5ccccc5-6)c4)cc32)c1. The molecule has 11 aromatic rings. The van der Waals surface area contributed by atoms with Gasteiger partial charge in [-0.2, -0.15) is 0 Å². The number of rotatable bonds is 5. The van der Waals surface area contributed by atoms with Crippen LogP contribution in [0.4, 0.5) is 0 Å². The van der Waals surface area contributed by atoms with E-state index in [0.29, 0.717) is 0 Å². The van der Waals surface area contributed by atoms with Gasteiger partial charge in [-0.05, 0) is 57.6 Å². The van der Waals surface area contributed by atoms with Crippen molar-refractivity contribution in [1.82, 2.24) is 14.1 Å². The van der Waals surface area contributed by atoms with Gasteiger partial charge in [-0.25, -0.2) is 0 Å². The molecule has 0 bridgehead atoms. The molecule has 2 aliphatic rings. The number of hydrogen-bond donors (Lipinski definition) is 0. The van der Waals surface area contributed by atoms with Crippen LogP contribution in [0, 0.1) is 6.33 Å². The number of fused-ring (bicyclic) bond motifs is 11. The molecule has 0 saturated heterocycles. The van der Waals surface area contributed by atoms with Crippen LogP contribution in [0.1, 0.15) is 26.3 Å². The molecule has 0 radical (unpaired) electrons. The van der Waals surface area contributed by atoms with Crippen LogP contribution in [0.3, 0.4) is 0 Å². The fourth-order valence-electron chi connectivity index (χ4n) is 11.6. The van der Waals surface area contributed by atoms with Crippen molar-refractivity contribution in [3.05, 3.63) is 200 Å². The first-order valence-electron chi connectivity index (χ1n) is 25.1. The molecule has 0 spiro atoms. The van der Waals surface area contributed by atoms with E-state index in [9.17, 15) is 0 Å². The molecule has 346 valence electrons. The number of aromatic nitrogens is 4. The standard InChI is InChI=1S/C64H56Ge2N4O/c1-64(2,3)44-32-35-67-62(38-44)70-59-31-27-42(43-26-30-56-57(37-43)66(6,7)34-33-65(56,4)5)36-55(59)53-29-28-47(40-61(53)70)71-46-17-14-16-45(39-46)68-41-69-58-24-13-12-22-52(58)50-20-10-8-18-48(50)49-19-9-11-21-51(49)54-23-15-25-60(68)63(54)69/h8-32,35-40H,33-34H2,1-7H3. The molecule has 8 aromatic carbocycles. The zero-order valence-electron chi connectivity index (χ0n) is 41.5. The Bertz CT molecular complexity index is 3980. The zero-order chi connectivity index (χ0) is 48.4. The molecule has 0 amide bonds. The van der Waals surface area contributed by atoms with Crippen molar-refractivity contribution in [2.75, 3.05) is 0 Å². The van der Waals surface area contributed by atoms with Gasteiger partial charge in [0.2, 0.25) is 0 Å². The molecule has 0 atom stereocenters. The van der Waals surface area contributed by atoms with Gasteiger partial charge in [0.15, 0.2) is 0 Å². The van der Waals surface area contributed by atoms with Crippen molar-refractivity contribution < 1.29 is 9.30 Å². The monoisotopic (exact) mass is 1040 g/mol. The molecule has 3 aromatic heterocycles. The number of hydrogen-bond acceptors (Lipinski definition) is 2. The van der Waals surface area contributed by atoms with Gasteiger partial charge < -0.3 is 0 Å². The van der Waals surface area contributed by atoms with Gasteiger partial charge >= 0.3 is 217 Å². The summed E-state index contributed by atoms with van der Waals surface area (Å²) in [7, 11) is 0. The third kappa shape index (κ3) is 7.25. The summed E-state index contributed by atoms with van der Waals surface area (Å²) in [4.78, 5) is 5.04. The first-order chi connectivity index (χ1) is 34.3. The molecule has 7 heteroatoms. The second-order valence-corrected chi connectivity index (χ2v) is 42.2. The van der Waals surface area contributed by atoms with Gasteiger partial charge in [-0.15, -0.1) is 0 Å². The molecule has 0 unspecified atom stereocenters. The molecule has 5 nitrogen and oxygen atoms in total. The predicted octanol–water partition coefficient (Wildman–Crippen LogP) is 15.1. The van der Waals surface area contributed by atoms with E-state index >= 15 is 0 Å². The minimum absolute atomic E-state index is 0.0376. The van der Waals surface area contributed by atoms with Crippen LogP contribution in [0.15, 0.2) is 188 Å². The maximum absolute atomic E-state index is 6.92. The molecule has 2 aliphatic heterocycles. The number of benzene rings is 8. The molecule has 5 heterocycles. The quantitative estimate of drug-likeness (QED) is 0.0978. The Kier molecular flexibility index (Phi) is 10.1. The zero-order valence-corrected chi connectivity index (χ0v) is 45.7. The van der Waals surface area contributed by atoms with Crippen LogP contribution in [0.5, 0.6) is 11.5 Å². The Labute approximate surface area is 421 Å². The Morgan fingerprint density at radius 1 is 0.521 bits per heavy atom. The Morgan fingerprint density at radius 3 is 1.92 bits per heavy atom. The van der Waals surface area contributed by atoms with Crippen molar-refractivity contribution in [2.24, 2.45) is 0 Å². The van der Waals surface area contributed by atoms with Gasteiger partial charge in [0.05, 0.1) is 22.4 Å². The van der Waals surface area contributed by atoms with Crippen molar-refractivity contribution >= 4 is 68.2 Å². The van der Waals surface area contributed by atoms with Gasteiger partial charge in [0.1, 0.15) is 0 Å². The molecule has 0 fully saturated rings. The number of nitrogens with zero attached hydrogens (tertiary/aromatic N) is 4. The van der Waals surface area contributed by atoms with E-state index in [0.717, 1.165) is 61.9 Å². The van der Waals surface area contributed by atoms with Crippen LogP contribution in [0.25, 0.3) is 94.5 Å². The van der Waals surface area contributed by atoms with Crippen LogP contribution in [-0.2, 0) is 5.41 Å². The maximum atomic E-state index is 6.92.